The average molecular weight is 352 g/mol. The van der Waals surface area contributed by atoms with Crippen molar-refractivity contribution in [2.24, 2.45) is 7.05 Å². The van der Waals surface area contributed by atoms with E-state index >= 15 is 0 Å². The molecule has 136 valence electrons. The van der Waals surface area contributed by atoms with E-state index in [0.717, 1.165) is 34.9 Å². The first-order chi connectivity index (χ1) is 12.6. The molecule has 1 heterocycles. The van der Waals surface area contributed by atoms with Gasteiger partial charge in [-0.2, -0.15) is 0 Å². The van der Waals surface area contributed by atoms with E-state index < -0.39 is 0 Å². The fourth-order valence-corrected chi connectivity index (χ4v) is 3.44. The SMILES string of the molecule is CCCCNC(=O)CC(c1cccc(F)c1)c1cn(C)c2ccccc12. The molecule has 0 fully saturated rings. The van der Waals surface area contributed by atoms with Crippen molar-refractivity contribution in [1.29, 1.82) is 0 Å². The fraction of sp³-hybridized carbons (Fsp3) is 0.318. The number of hydrogen-bond donors (Lipinski definition) is 1. The van der Waals surface area contributed by atoms with Gasteiger partial charge in [0.25, 0.3) is 0 Å². The number of unbranched alkanes of at least 4 members (excludes halogenated alkanes) is 1. The summed E-state index contributed by atoms with van der Waals surface area (Å²) < 4.78 is 15.9. The lowest BCUT2D eigenvalue weighted by molar-refractivity contribution is -0.121. The number of halogens is 1. The van der Waals surface area contributed by atoms with E-state index in [4.69, 9.17) is 0 Å². The summed E-state index contributed by atoms with van der Waals surface area (Å²) in [5, 5.41) is 4.09. The summed E-state index contributed by atoms with van der Waals surface area (Å²) in [5.41, 5.74) is 2.99. The average Bonchev–Trinajstić information content (AvgIpc) is 2.97. The standard InChI is InChI=1S/C22H25FN2O/c1-3-4-12-24-22(26)14-19(16-8-7-9-17(23)13-16)20-15-25(2)21-11-6-5-10-18(20)21/h5-11,13,15,19H,3-4,12,14H2,1-2H3,(H,24,26). The quantitative estimate of drug-likeness (QED) is 0.612. The van der Waals surface area contributed by atoms with Crippen LogP contribution in [0.1, 0.15) is 43.2 Å². The van der Waals surface area contributed by atoms with Crippen molar-refractivity contribution in [1.82, 2.24) is 9.88 Å². The Bertz CT molecular complexity index is 900. The lowest BCUT2D eigenvalue weighted by Crippen LogP contribution is -2.26. The van der Waals surface area contributed by atoms with Crippen molar-refractivity contribution in [3.8, 4) is 0 Å². The van der Waals surface area contributed by atoms with E-state index in [1.54, 1.807) is 6.07 Å². The van der Waals surface area contributed by atoms with Crippen molar-refractivity contribution in [3.05, 3.63) is 71.7 Å². The summed E-state index contributed by atoms with van der Waals surface area (Å²) in [6.07, 6.45) is 4.36. The minimum Gasteiger partial charge on any atom is -0.356 e. The third-order valence-electron chi connectivity index (χ3n) is 4.80. The molecule has 3 rings (SSSR count). The van der Waals surface area contributed by atoms with Crippen LogP contribution in [-0.4, -0.2) is 17.0 Å². The number of para-hydroxylation sites is 1. The zero-order chi connectivity index (χ0) is 18.5. The summed E-state index contributed by atoms with van der Waals surface area (Å²) in [6, 6.07) is 14.7. The molecule has 26 heavy (non-hydrogen) atoms. The Balaban J connectivity index is 1.98. The summed E-state index contributed by atoms with van der Waals surface area (Å²) in [6.45, 7) is 2.78. The summed E-state index contributed by atoms with van der Waals surface area (Å²) in [7, 11) is 2.00. The van der Waals surface area contributed by atoms with Crippen molar-refractivity contribution in [2.45, 2.75) is 32.1 Å². The van der Waals surface area contributed by atoms with Gasteiger partial charge in [0.05, 0.1) is 0 Å². The maximum absolute atomic E-state index is 13.8. The van der Waals surface area contributed by atoms with Gasteiger partial charge < -0.3 is 9.88 Å². The molecule has 0 radical (unpaired) electrons. The largest absolute Gasteiger partial charge is 0.356 e. The minimum absolute atomic E-state index is 0.000598. The summed E-state index contributed by atoms with van der Waals surface area (Å²) >= 11 is 0. The first kappa shape index (κ1) is 18.2. The molecule has 1 atom stereocenters. The number of rotatable bonds is 7. The number of amides is 1. The summed E-state index contributed by atoms with van der Waals surface area (Å²) in [4.78, 5) is 12.5. The molecular weight excluding hydrogens is 327 g/mol. The maximum Gasteiger partial charge on any atom is 0.220 e. The van der Waals surface area contributed by atoms with Crippen molar-refractivity contribution in [3.63, 3.8) is 0 Å². The van der Waals surface area contributed by atoms with Crippen LogP contribution in [-0.2, 0) is 11.8 Å². The third-order valence-corrected chi connectivity index (χ3v) is 4.80. The molecule has 1 unspecified atom stereocenters. The zero-order valence-electron chi connectivity index (χ0n) is 15.3. The number of carbonyl (C=O) groups is 1. The Morgan fingerprint density at radius 1 is 1.19 bits per heavy atom. The molecule has 0 saturated heterocycles. The Kier molecular flexibility index (Phi) is 5.71. The highest BCUT2D eigenvalue weighted by Gasteiger charge is 2.22. The Labute approximate surface area is 153 Å². The predicted octanol–water partition coefficient (Wildman–Crippen LogP) is 4.76. The van der Waals surface area contributed by atoms with Crippen LogP contribution in [0.2, 0.25) is 0 Å². The second-order valence-electron chi connectivity index (χ2n) is 6.73. The molecule has 1 N–H and O–H groups in total. The Morgan fingerprint density at radius 3 is 2.77 bits per heavy atom. The highest BCUT2D eigenvalue weighted by Crippen LogP contribution is 2.34. The van der Waals surface area contributed by atoms with E-state index in [1.807, 2.05) is 25.2 Å². The molecule has 1 aromatic heterocycles. The number of nitrogens with zero attached hydrogens (tertiary/aromatic N) is 1. The molecule has 0 aliphatic rings. The second-order valence-corrected chi connectivity index (χ2v) is 6.73. The van der Waals surface area contributed by atoms with Crippen LogP contribution in [0, 0.1) is 5.82 Å². The number of carbonyl (C=O) groups excluding carboxylic acids is 1. The molecule has 0 aliphatic heterocycles. The van der Waals surface area contributed by atoms with Gasteiger partial charge in [-0.3, -0.25) is 4.79 Å². The number of benzene rings is 2. The van der Waals surface area contributed by atoms with E-state index in [0.29, 0.717) is 13.0 Å². The zero-order valence-corrected chi connectivity index (χ0v) is 15.3. The number of aryl methyl sites for hydroxylation is 1. The number of nitrogens with one attached hydrogen (secondary N) is 1. The molecular formula is C22H25FN2O. The van der Waals surface area contributed by atoms with Crippen LogP contribution < -0.4 is 5.32 Å². The predicted molar refractivity (Wildman–Crippen MR) is 104 cm³/mol. The molecule has 0 spiro atoms. The van der Waals surface area contributed by atoms with Crippen LogP contribution in [0.3, 0.4) is 0 Å². The van der Waals surface area contributed by atoms with E-state index in [2.05, 4.69) is 35.1 Å². The van der Waals surface area contributed by atoms with Gasteiger partial charge >= 0.3 is 0 Å². The molecule has 0 aliphatic carbocycles. The van der Waals surface area contributed by atoms with Gasteiger partial charge in [-0.15, -0.1) is 0 Å². The maximum atomic E-state index is 13.8. The fourth-order valence-electron chi connectivity index (χ4n) is 3.44. The van der Waals surface area contributed by atoms with Gasteiger partial charge in [0.2, 0.25) is 5.91 Å². The Morgan fingerprint density at radius 2 is 2.00 bits per heavy atom. The molecule has 4 heteroatoms. The normalized spacial score (nSPS) is 12.3. The van der Waals surface area contributed by atoms with Crippen molar-refractivity contribution >= 4 is 16.8 Å². The third kappa shape index (κ3) is 3.96. The first-order valence-corrected chi connectivity index (χ1v) is 9.16. The molecule has 0 saturated carbocycles. The highest BCUT2D eigenvalue weighted by molar-refractivity contribution is 5.86. The van der Waals surface area contributed by atoms with Crippen LogP contribution in [0.4, 0.5) is 4.39 Å². The van der Waals surface area contributed by atoms with Crippen LogP contribution in [0.15, 0.2) is 54.7 Å². The van der Waals surface area contributed by atoms with Gasteiger partial charge in [0, 0.05) is 43.0 Å². The van der Waals surface area contributed by atoms with Gasteiger partial charge in [-0.1, -0.05) is 43.7 Å². The molecule has 1 amide bonds. The van der Waals surface area contributed by atoms with Gasteiger partial charge in [0.15, 0.2) is 0 Å². The molecule has 0 bridgehead atoms. The first-order valence-electron chi connectivity index (χ1n) is 9.16. The van der Waals surface area contributed by atoms with Crippen molar-refractivity contribution < 1.29 is 9.18 Å². The highest BCUT2D eigenvalue weighted by atomic mass is 19.1. The topological polar surface area (TPSA) is 34.0 Å². The van der Waals surface area contributed by atoms with Gasteiger partial charge in [0.1, 0.15) is 5.82 Å². The van der Waals surface area contributed by atoms with Gasteiger partial charge in [-0.25, -0.2) is 4.39 Å². The number of hydrogen-bond acceptors (Lipinski definition) is 1. The monoisotopic (exact) mass is 352 g/mol. The van der Waals surface area contributed by atoms with Crippen molar-refractivity contribution in [2.75, 3.05) is 6.54 Å². The van der Waals surface area contributed by atoms with Crippen LogP contribution in [0.5, 0.6) is 0 Å². The Hall–Kier alpha value is -2.62. The molecule has 2 aromatic carbocycles. The smallest absolute Gasteiger partial charge is 0.220 e. The number of fused-ring (bicyclic) bond motifs is 1. The molecule has 3 nitrogen and oxygen atoms in total. The van der Waals surface area contributed by atoms with E-state index in [-0.39, 0.29) is 17.6 Å². The van der Waals surface area contributed by atoms with E-state index in [1.165, 1.54) is 12.1 Å². The molecule has 3 aromatic rings. The minimum atomic E-state index is -0.279. The van der Waals surface area contributed by atoms with Crippen LogP contribution >= 0.6 is 0 Å². The van der Waals surface area contributed by atoms with E-state index in [9.17, 15) is 9.18 Å². The second kappa shape index (κ2) is 8.17. The lowest BCUT2D eigenvalue weighted by atomic mass is 9.88. The van der Waals surface area contributed by atoms with Gasteiger partial charge in [-0.05, 0) is 35.7 Å². The van der Waals surface area contributed by atoms with Crippen LogP contribution in [0.25, 0.3) is 10.9 Å². The lowest BCUT2D eigenvalue weighted by Gasteiger charge is -2.17. The number of aromatic nitrogens is 1. The summed E-state index contributed by atoms with van der Waals surface area (Å²) in [5.74, 6) is -0.460.